The van der Waals surface area contributed by atoms with Gasteiger partial charge in [0.2, 0.25) is 5.91 Å². The lowest BCUT2D eigenvalue weighted by molar-refractivity contribution is -0.116. The first-order valence-electron chi connectivity index (χ1n) is 10.5. The van der Waals surface area contributed by atoms with E-state index in [0.717, 1.165) is 5.69 Å². The second kappa shape index (κ2) is 10.0. The zero-order valence-electron chi connectivity index (χ0n) is 19.0. The molecule has 0 saturated heterocycles. The van der Waals surface area contributed by atoms with Crippen molar-refractivity contribution >= 4 is 35.0 Å². The molecule has 0 fully saturated rings. The number of anilines is 2. The minimum atomic E-state index is -0.419. The average Bonchev–Trinajstić information content (AvgIpc) is 3.16. The summed E-state index contributed by atoms with van der Waals surface area (Å²) in [5.74, 6) is -0.318. The molecule has 0 aliphatic heterocycles. The number of urea groups is 1. The van der Waals surface area contributed by atoms with Crippen LogP contribution in [0.4, 0.5) is 20.7 Å². The standard InChI is InChI=1S/C24H27ClFN5O2/c1-5-30(23(33)27-18-8-6-7-16(25)13-18)15-22(32)28-21-14-20(24(2,3)4)29-31(21)19-11-9-17(26)10-12-19/h6-14H,5,15H2,1-4H3,(H,27,33)(H,28,32). The largest absolute Gasteiger partial charge is 0.322 e. The zero-order valence-corrected chi connectivity index (χ0v) is 19.8. The lowest BCUT2D eigenvalue weighted by atomic mass is 9.92. The van der Waals surface area contributed by atoms with Gasteiger partial charge in [0.1, 0.15) is 18.2 Å². The molecule has 33 heavy (non-hydrogen) atoms. The van der Waals surface area contributed by atoms with Crippen LogP contribution in [0.3, 0.4) is 0 Å². The highest BCUT2D eigenvalue weighted by Gasteiger charge is 2.23. The van der Waals surface area contributed by atoms with Crippen LogP contribution in [0, 0.1) is 5.82 Å². The molecule has 2 aromatic carbocycles. The number of aromatic nitrogens is 2. The molecule has 0 radical (unpaired) electrons. The fourth-order valence-electron chi connectivity index (χ4n) is 3.07. The van der Waals surface area contributed by atoms with Gasteiger partial charge in [-0.15, -0.1) is 0 Å². The molecule has 0 saturated carbocycles. The number of halogens is 2. The van der Waals surface area contributed by atoms with E-state index in [1.54, 1.807) is 54.1 Å². The Morgan fingerprint density at radius 2 is 1.79 bits per heavy atom. The summed E-state index contributed by atoms with van der Waals surface area (Å²) in [6.07, 6.45) is 0. The maximum absolute atomic E-state index is 13.4. The van der Waals surface area contributed by atoms with E-state index in [9.17, 15) is 14.0 Å². The summed E-state index contributed by atoms with van der Waals surface area (Å²) in [6, 6.07) is 14.0. The van der Waals surface area contributed by atoms with E-state index in [4.69, 9.17) is 11.6 Å². The molecule has 2 N–H and O–H groups in total. The van der Waals surface area contributed by atoms with Crippen LogP contribution in [0.15, 0.2) is 54.6 Å². The number of rotatable bonds is 6. The number of nitrogens with one attached hydrogen (secondary N) is 2. The molecule has 3 aromatic rings. The molecule has 0 aliphatic carbocycles. The summed E-state index contributed by atoms with van der Waals surface area (Å²) in [6.45, 7) is 7.97. The Morgan fingerprint density at radius 3 is 2.39 bits per heavy atom. The average molecular weight is 472 g/mol. The summed E-state index contributed by atoms with van der Waals surface area (Å²) < 4.78 is 14.9. The van der Waals surface area contributed by atoms with Crippen LogP contribution < -0.4 is 10.6 Å². The summed E-state index contributed by atoms with van der Waals surface area (Å²) in [4.78, 5) is 26.8. The van der Waals surface area contributed by atoms with Crippen molar-refractivity contribution in [2.24, 2.45) is 0 Å². The molecule has 1 heterocycles. The zero-order chi connectivity index (χ0) is 24.2. The van der Waals surface area contributed by atoms with Gasteiger partial charge in [-0.2, -0.15) is 5.10 Å². The molecule has 3 amide bonds. The van der Waals surface area contributed by atoms with Crippen molar-refractivity contribution in [1.29, 1.82) is 0 Å². The molecule has 0 spiro atoms. The van der Waals surface area contributed by atoms with Crippen molar-refractivity contribution in [3.63, 3.8) is 0 Å². The SMILES string of the molecule is CCN(CC(=O)Nc1cc(C(C)(C)C)nn1-c1ccc(F)cc1)C(=O)Nc1cccc(Cl)c1. The fraction of sp³-hybridized carbons (Fsp3) is 0.292. The highest BCUT2D eigenvalue weighted by molar-refractivity contribution is 6.30. The molecule has 0 atom stereocenters. The molecule has 1 aromatic heterocycles. The lowest BCUT2D eigenvalue weighted by Crippen LogP contribution is -2.40. The van der Waals surface area contributed by atoms with Crippen molar-refractivity contribution in [2.75, 3.05) is 23.7 Å². The molecular weight excluding hydrogens is 445 g/mol. The number of hydrogen-bond donors (Lipinski definition) is 2. The molecule has 9 heteroatoms. The third-order valence-corrected chi connectivity index (χ3v) is 5.13. The van der Waals surface area contributed by atoms with Crippen molar-refractivity contribution in [2.45, 2.75) is 33.1 Å². The van der Waals surface area contributed by atoms with Gasteiger partial charge in [0, 0.05) is 28.7 Å². The van der Waals surface area contributed by atoms with Crippen LogP contribution in [-0.4, -0.2) is 39.7 Å². The molecule has 0 aliphatic rings. The first-order chi connectivity index (χ1) is 15.6. The van der Waals surface area contributed by atoms with Crippen LogP contribution in [0.5, 0.6) is 0 Å². The van der Waals surface area contributed by atoms with E-state index < -0.39 is 6.03 Å². The summed E-state index contributed by atoms with van der Waals surface area (Å²) >= 11 is 5.97. The second-order valence-electron chi connectivity index (χ2n) is 8.56. The number of benzene rings is 2. The van der Waals surface area contributed by atoms with Crippen LogP contribution in [0.25, 0.3) is 5.69 Å². The number of amides is 3. The highest BCUT2D eigenvalue weighted by atomic mass is 35.5. The quantitative estimate of drug-likeness (QED) is 0.501. The maximum atomic E-state index is 13.4. The van der Waals surface area contributed by atoms with Crippen molar-refractivity contribution in [3.05, 3.63) is 71.1 Å². The predicted octanol–water partition coefficient (Wildman–Crippen LogP) is 5.45. The van der Waals surface area contributed by atoms with Crippen molar-refractivity contribution in [1.82, 2.24) is 14.7 Å². The monoisotopic (exact) mass is 471 g/mol. The molecule has 0 bridgehead atoms. The number of nitrogens with zero attached hydrogens (tertiary/aromatic N) is 3. The first-order valence-corrected chi connectivity index (χ1v) is 10.9. The van der Waals surface area contributed by atoms with Crippen molar-refractivity contribution in [3.8, 4) is 5.69 Å². The second-order valence-corrected chi connectivity index (χ2v) is 8.99. The third-order valence-electron chi connectivity index (χ3n) is 4.90. The Kier molecular flexibility index (Phi) is 7.38. The Hall–Kier alpha value is -3.39. The van der Waals surface area contributed by atoms with Gasteiger partial charge < -0.3 is 15.5 Å². The van der Waals surface area contributed by atoms with Gasteiger partial charge in [0.05, 0.1) is 11.4 Å². The highest BCUT2D eigenvalue weighted by Crippen LogP contribution is 2.26. The van der Waals surface area contributed by atoms with Crippen molar-refractivity contribution < 1.29 is 14.0 Å². The van der Waals surface area contributed by atoms with Gasteiger partial charge >= 0.3 is 6.03 Å². The number of carbonyl (C=O) groups is 2. The molecule has 3 rings (SSSR count). The first kappa shape index (κ1) is 24.3. The lowest BCUT2D eigenvalue weighted by Gasteiger charge is -2.21. The Balaban J connectivity index is 1.77. The minimum Gasteiger partial charge on any atom is -0.315 e. The van der Waals surface area contributed by atoms with Gasteiger partial charge in [0.25, 0.3) is 0 Å². The van der Waals surface area contributed by atoms with Crippen LogP contribution in [0.2, 0.25) is 5.02 Å². The summed E-state index contributed by atoms with van der Waals surface area (Å²) in [7, 11) is 0. The number of likely N-dealkylation sites (N-methyl/N-ethyl adjacent to an activating group) is 1. The van der Waals surface area contributed by atoms with Gasteiger partial charge in [0.15, 0.2) is 0 Å². The molecular formula is C24H27ClFN5O2. The predicted molar refractivity (Wildman–Crippen MR) is 129 cm³/mol. The molecule has 174 valence electrons. The van der Waals surface area contributed by atoms with Gasteiger partial charge in [-0.25, -0.2) is 13.9 Å². The van der Waals surface area contributed by atoms with E-state index >= 15 is 0 Å². The molecule has 0 unspecified atom stereocenters. The van der Waals surface area contributed by atoms with Gasteiger partial charge in [-0.05, 0) is 49.4 Å². The molecule has 7 nitrogen and oxygen atoms in total. The van der Waals surface area contributed by atoms with Crippen LogP contribution in [-0.2, 0) is 10.2 Å². The number of carbonyl (C=O) groups excluding carboxylic acids is 2. The van der Waals surface area contributed by atoms with Gasteiger partial charge in [-0.1, -0.05) is 38.4 Å². The van der Waals surface area contributed by atoms with Gasteiger partial charge in [-0.3, -0.25) is 4.79 Å². The minimum absolute atomic E-state index is 0.164. The normalized spacial score (nSPS) is 11.2. The maximum Gasteiger partial charge on any atom is 0.322 e. The summed E-state index contributed by atoms with van der Waals surface area (Å²) in [5.41, 5.74) is 1.63. The Labute approximate surface area is 197 Å². The third kappa shape index (κ3) is 6.32. The van der Waals surface area contributed by atoms with E-state index in [1.165, 1.54) is 17.0 Å². The smallest absolute Gasteiger partial charge is 0.315 e. The van der Waals surface area contributed by atoms with E-state index in [0.29, 0.717) is 28.8 Å². The topological polar surface area (TPSA) is 79.3 Å². The van der Waals surface area contributed by atoms with E-state index in [-0.39, 0.29) is 23.7 Å². The summed E-state index contributed by atoms with van der Waals surface area (Å²) in [5, 5.41) is 10.7. The number of hydrogen-bond acceptors (Lipinski definition) is 3. The Bertz CT molecular complexity index is 1140. The van der Waals surface area contributed by atoms with E-state index in [2.05, 4.69) is 15.7 Å². The van der Waals surface area contributed by atoms with Crippen LogP contribution >= 0.6 is 11.6 Å². The van der Waals surface area contributed by atoms with Crippen LogP contribution in [0.1, 0.15) is 33.4 Å². The Morgan fingerprint density at radius 1 is 1.09 bits per heavy atom. The fourth-order valence-corrected chi connectivity index (χ4v) is 3.26. The van der Waals surface area contributed by atoms with E-state index in [1.807, 2.05) is 20.8 Å².